The average molecular weight is 485 g/mol. The lowest BCUT2D eigenvalue weighted by Crippen LogP contribution is -2.66. The van der Waals surface area contributed by atoms with Gasteiger partial charge in [-0.05, 0) is 60.4 Å². The number of aromatic hydroxyl groups is 1. The van der Waals surface area contributed by atoms with E-state index in [9.17, 15) is 28.3 Å². The molecule has 1 saturated heterocycles. The van der Waals surface area contributed by atoms with Gasteiger partial charge in [-0.15, -0.1) is 0 Å². The van der Waals surface area contributed by atoms with Crippen LogP contribution >= 0.6 is 0 Å². The number of nitrogens with zero attached hydrogens (tertiary/aromatic N) is 1. The number of hydrogen-bond donors (Lipinski definition) is 2. The van der Waals surface area contributed by atoms with Gasteiger partial charge in [0, 0.05) is 18.1 Å². The monoisotopic (exact) mass is 484 g/mol. The lowest BCUT2D eigenvalue weighted by molar-refractivity contribution is -0.157. The molecule has 0 radical (unpaired) electrons. The lowest BCUT2D eigenvalue weighted by atomic mass is 9.87. The number of halogens is 2. The van der Waals surface area contributed by atoms with Gasteiger partial charge in [-0.25, -0.2) is 8.78 Å². The van der Waals surface area contributed by atoms with Crippen molar-refractivity contribution >= 4 is 17.6 Å². The summed E-state index contributed by atoms with van der Waals surface area (Å²) in [5.74, 6) is -3.12. The molecule has 186 valence electrons. The number of hydrogen-bond acceptors (Lipinski definition) is 4. The number of phenolic OH excluding ortho intramolecular Hbond substituents is 1. The zero-order valence-corrected chi connectivity index (χ0v) is 20.1. The normalized spacial score (nSPS) is 22.8. The Labute approximate surface area is 203 Å². The van der Waals surface area contributed by atoms with Gasteiger partial charge in [0.1, 0.15) is 35.5 Å². The molecule has 2 amide bonds. The van der Waals surface area contributed by atoms with E-state index in [4.69, 9.17) is 0 Å². The molecular weight excluding hydrogens is 454 g/mol. The van der Waals surface area contributed by atoms with E-state index in [2.05, 4.69) is 5.32 Å². The van der Waals surface area contributed by atoms with Crippen molar-refractivity contribution in [2.24, 2.45) is 11.8 Å². The predicted octanol–water partition coefficient (Wildman–Crippen LogP) is 3.85. The summed E-state index contributed by atoms with van der Waals surface area (Å²) in [4.78, 5) is 41.8. The standard InChI is InChI=1S/C27H30F2N2O4/c1-4-23(33)25(20-8-6-18(28)13-21(20)29)31-22(9-14(2)3)26(34)30-24(27(31)35)17-10-15-5-7-19(32)12-16(15)11-17/h5-8,12-14,17,22,24-25,32H,4,9-11H2,1-3H3,(H,30,34)/t17?,22-,24-,25-/m1/s1. The molecule has 2 aliphatic rings. The minimum absolute atomic E-state index is 0.0140. The van der Waals surface area contributed by atoms with E-state index in [1.54, 1.807) is 25.1 Å². The van der Waals surface area contributed by atoms with Crippen LogP contribution in [0.5, 0.6) is 5.75 Å². The van der Waals surface area contributed by atoms with Crippen molar-refractivity contribution < 1.29 is 28.3 Å². The Hall–Kier alpha value is -3.29. The van der Waals surface area contributed by atoms with Crippen LogP contribution in [-0.2, 0) is 27.2 Å². The maximum Gasteiger partial charge on any atom is 0.247 e. The van der Waals surface area contributed by atoms with E-state index in [0.717, 1.165) is 17.2 Å². The third-order valence-corrected chi connectivity index (χ3v) is 6.97. The molecule has 8 heteroatoms. The Bertz CT molecular complexity index is 1170. The molecule has 4 atom stereocenters. The summed E-state index contributed by atoms with van der Waals surface area (Å²) < 4.78 is 28.6. The summed E-state index contributed by atoms with van der Waals surface area (Å²) >= 11 is 0. The number of fused-ring (bicyclic) bond motifs is 1. The highest BCUT2D eigenvalue weighted by Gasteiger charge is 2.49. The molecule has 2 aromatic rings. The van der Waals surface area contributed by atoms with Crippen molar-refractivity contribution in [3.8, 4) is 5.75 Å². The Balaban J connectivity index is 1.76. The molecule has 1 aliphatic carbocycles. The van der Waals surface area contributed by atoms with Gasteiger partial charge in [0.25, 0.3) is 0 Å². The fraction of sp³-hybridized carbons (Fsp3) is 0.444. The number of rotatable bonds is 7. The average Bonchev–Trinajstić information content (AvgIpc) is 3.21. The number of carbonyl (C=O) groups excluding carboxylic acids is 3. The first kappa shape index (κ1) is 24.8. The summed E-state index contributed by atoms with van der Waals surface area (Å²) in [6.45, 7) is 5.41. The zero-order chi connectivity index (χ0) is 25.4. The summed E-state index contributed by atoms with van der Waals surface area (Å²) in [5.41, 5.74) is 1.77. The van der Waals surface area contributed by atoms with Gasteiger partial charge in [0.2, 0.25) is 11.8 Å². The highest BCUT2D eigenvalue weighted by Crippen LogP contribution is 2.37. The van der Waals surface area contributed by atoms with Crippen molar-refractivity contribution in [3.05, 3.63) is 64.7 Å². The maximum absolute atomic E-state index is 14.9. The Morgan fingerprint density at radius 1 is 1.11 bits per heavy atom. The number of carbonyl (C=O) groups is 3. The molecule has 0 spiro atoms. The van der Waals surface area contributed by atoms with Gasteiger partial charge in [-0.2, -0.15) is 0 Å². The first-order valence-corrected chi connectivity index (χ1v) is 12.0. The van der Waals surface area contributed by atoms with Crippen LogP contribution in [0, 0.1) is 23.5 Å². The molecule has 1 fully saturated rings. The summed E-state index contributed by atoms with van der Waals surface area (Å²) in [5, 5.41) is 12.7. The number of nitrogens with one attached hydrogen (secondary N) is 1. The van der Waals surface area contributed by atoms with Crippen molar-refractivity contribution in [2.75, 3.05) is 0 Å². The van der Waals surface area contributed by atoms with Crippen LogP contribution < -0.4 is 5.32 Å². The second kappa shape index (κ2) is 9.76. The van der Waals surface area contributed by atoms with Crippen LogP contribution in [0.3, 0.4) is 0 Å². The highest BCUT2D eigenvalue weighted by molar-refractivity contribution is 6.00. The number of piperazine rings is 1. The second-order valence-corrected chi connectivity index (χ2v) is 9.89. The zero-order valence-electron chi connectivity index (χ0n) is 20.1. The molecule has 4 rings (SSSR count). The third-order valence-electron chi connectivity index (χ3n) is 6.97. The van der Waals surface area contributed by atoms with E-state index >= 15 is 0 Å². The van der Waals surface area contributed by atoms with E-state index < -0.39 is 47.4 Å². The molecule has 0 aromatic heterocycles. The summed E-state index contributed by atoms with van der Waals surface area (Å²) in [6, 6.07) is 4.76. The van der Waals surface area contributed by atoms with Crippen molar-refractivity contribution in [1.29, 1.82) is 0 Å². The highest BCUT2D eigenvalue weighted by atomic mass is 19.1. The number of Topliss-reactive ketones (excluding diaryl/α,β-unsaturated/α-hetero) is 1. The molecule has 6 nitrogen and oxygen atoms in total. The second-order valence-electron chi connectivity index (χ2n) is 9.89. The van der Waals surface area contributed by atoms with Crippen LogP contribution in [0.15, 0.2) is 36.4 Å². The largest absolute Gasteiger partial charge is 0.508 e. The maximum atomic E-state index is 14.9. The smallest absolute Gasteiger partial charge is 0.247 e. The number of benzene rings is 2. The Morgan fingerprint density at radius 2 is 1.83 bits per heavy atom. The number of amides is 2. The molecule has 2 N–H and O–H groups in total. The fourth-order valence-corrected chi connectivity index (χ4v) is 5.31. The molecule has 35 heavy (non-hydrogen) atoms. The van der Waals surface area contributed by atoms with Gasteiger partial charge in [0.05, 0.1) is 0 Å². The van der Waals surface area contributed by atoms with Crippen LogP contribution in [0.2, 0.25) is 0 Å². The summed E-state index contributed by atoms with van der Waals surface area (Å²) in [6.07, 6.45) is 1.30. The van der Waals surface area contributed by atoms with Crippen LogP contribution in [0.4, 0.5) is 8.78 Å². The van der Waals surface area contributed by atoms with Crippen LogP contribution in [0.1, 0.15) is 56.3 Å². The molecule has 0 saturated carbocycles. The molecular formula is C27H30F2N2O4. The molecule has 0 bridgehead atoms. The lowest BCUT2D eigenvalue weighted by Gasteiger charge is -2.45. The van der Waals surface area contributed by atoms with Crippen LogP contribution in [-0.4, -0.2) is 39.7 Å². The van der Waals surface area contributed by atoms with Crippen molar-refractivity contribution in [1.82, 2.24) is 10.2 Å². The molecule has 1 aliphatic heterocycles. The molecule has 1 heterocycles. The molecule has 2 aromatic carbocycles. The third kappa shape index (κ3) is 4.79. The van der Waals surface area contributed by atoms with Gasteiger partial charge >= 0.3 is 0 Å². The number of phenols is 1. The first-order valence-electron chi connectivity index (χ1n) is 12.0. The van der Waals surface area contributed by atoms with E-state index in [-0.39, 0.29) is 29.6 Å². The minimum atomic E-state index is -1.33. The topological polar surface area (TPSA) is 86.7 Å². The SMILES string of the molecule is CCC(=O)[C@@H](c1ccc(F)cc1F)N1C(=O)[C@@H](C2Cc3ccc(O)cc3C2)NC(=O)[C@H]1CC(C)C. The van der Waals surface area contributed by atoms with Gasteiger partial charge in [0.15, 0.2) is 5.78 Å². The van der Waals surface area contributed by atoms with E-state index in [1.807, 2.05) is 13.8 Å². The Kier molecular flexibility index (Phi) is 6.92. The summed E-state index contributed by atoms with van der Waals surface area (Å²) in [7, 11) is 0. The predicted molar refractivity (Wildman–Crippen MR) is 125 cm³/mol. The minimum Gasteiger partial charge on any atom is -0.508 e. The number of ketones is 1. The van der Waals surface area contributed by atoms with E-state index in [1.165, 1.54) is 11.0 Å². The van der Waals surface area contributed by atoms with Crippen LogP contribution in [0.25, 0.3) is 0 Å². The van der Waals surface area contributed by atoms with Gasteiger partial charge in [-0.3, -0.25) is 14.4 Å². The first-order chi connectivity index (χ1) is 16.6. The molecule has 1 unspecified atom stereocenters. The van der Waals surface area contributed by atoms with Crippen molar-refractivity contribution in [2.45, 2.75) is 64.6 Å². The fourth-order valence-electron chi connectivity index (χ4n) is 5.31. The van der Waals surface area contributed by atoms with Gasteiger partial charge < -0.3 is 15.3 Å². The van der Waals surface area contributed by atoms with Crippen molar-refractivity contribution in [3.63, 3.8) is 0 Å². The van der Waals surface area contributed by atoms with E-state index in [0.29, 0.717) is 25.3 Å². The quantitative estimate of drug-likeness (QED) is 0.625. The Morgan fingerprint density at radius 3 is 2.49 bits per heavy atom. The van der Waals surface area contributed by atoms with Gasteiger partial charge in [-0.1, -0.05) is 32.9 Å².